The molecule has 23 heavy (non-hydrogen) atoms. The van der Waals surface area contributed by atoms with Gasteiger partial charge in [-0.15, -0.1) is 0 Å². The Balaban J connectivity index is 1.62. The Bertz CT molecular complexity index is 563. The smallest absolute Gasteiger partial charge is 0.306 e. The van der Waals surface area contributed by atoms with E-state index in [9.17, 15) is 9.59 Å². The molecular formula is C19H25NO3. The summed E-state index contributed by atoms with van der Waals surface area (Å²) >= 11 is 0. The van der Waals surface area contributed by atoms with Crippen LogP contribution in [-0.4, -0.2) is 23.5 Å². The van der Waals surface area contributed by atoms with Gasteiger partial charge < -0.3 is 10.4 Å². The first-order valence-corrected chi connectivity index (χ1v) is 8.67. The van der Waals surface area contributed by atoms with E-state index in [2.05, 4.69) is 29.6 Å². The minimum atomic E-state index is -0.767. The highest BCUT2D eigenvalue weighted by atomic mass is 16.4. The Hall–Kier alpha value is -1.84. The van der Waals surface area contributed by atoms with Crippen LogP contribution in [0.4, 0.5) is 0 Å². The van der Waals surface area contributed by atoms with Gasteiger partial charge in [-0.1, -0.05) is 43.2 Å². The van der Waals surface area contributed by atoms with Crippen LogP contribution < -0.4 is 5.32 Å². The van der Waals surface area contributed by atoms with Crippen LogP contribution in [0.25, 0.3) is 0 Å². The third-order valence-corrected chi connectivity index (χ3v) is 5.70. The van der Waals surface area contributed by atoms with Crippen LogP contribution in [-0.2, 0) is 15.0 Å². The number of carbonyl (C=O) groups excluding carboxylic acids is 1. The summed E-state index contributed by atoms with van der Waals surface area (Å²) in [4.78, 5) is 23.5. The Labute approximate surface area is 137 Å². The number of hydrogen-bond donors (Lipinski definition) is 2. The number of hydrogen-bond acceptors (Lipinski definition) is 2. The van der Waals surface area contributed by atoms with Gasteiger partial charge in [0.15, 0.2) is 0 Å². The lowest BCUT2D eigenvalue weighted by atomic mass is 9.78. The van der Waals surface area contributed by atoms with Crippen molar-refractivity contribution in [3.63, 3.8) is 0 Å². The predicted molar refractivity (Wildman–Crippen MR) is 88.1 cm³/mol. The Morgan fingerprint density at radius 2 is 1.74 bits per heavy atom. The Kier molecular flexibility index (Phi) is 4.69. The number of nitrogens with one attached hydrogen (secondary N) is 1. The van der Waals surface area contributed by atoms with Crippen LogP contribution in [0, 0.1) is 11.8 Å². The molecule has 2 atom stereocenters. The molecule has 0 aromatic heterocycles. The summed E-state index contributed by atoms with van der Waals surface area (Å²) in [6, 6.07) is 10.5. The molecule has 0 unspecified atom stereocenters. The quantitative estimate of drug-likeness (QED) is 0.877. The van der Waals surface area contributed by atoms with Gasteiger partial charge in [-0.3, -0.25) is 9.59 Å². The molecule has 0 heterocycles. The van der Waals surface area contributed by atoms with Gasteiger partial charge in [-0.05, 0) is 37.7 Å². The maximum atomic E-state index is 12.4. The molecule has 0 bridgehead atoms. The summed E-state index contributed by atoms with van der Waals surface area (Å²) in [7, 11) is 0. The first-order chi connectivity index (χ1) is 11.1. The van der Waals surface area contributed by atoms with Gasteiger partial charge in [0.1, 0.15) is 0 Å². The van der Waals surface area contributed by atoms with E-state index in [-0.39, 0.29) is 23.2 Å². The van der Waals surface area contributed by atoms with Crippen molar-refractivity contribution in [2.24, 2.45) is 11.8 Å². The van der Waals surface area contributed by atoms with E-state index in [1.807, 2.05) is 6.07 Å². The van der Waals surface area contributed by atoms with Crippen molar-refractivity contribution < 1.29 is 14.7 Å². The van der Waals surface area contributed by atoms with Crippen LogP contribution in [0.3, 0.4) is 0 Å². The average molecular weight is 315 g/mol. The van der Waals surface area contributed by atoms with Crippen molar-refractivity contribution in [3.05, 3.63) is 35.9 Å². The first kappa shape index (κ1) is 16.0. The van der Waals surface area contributed by atoms with Crippen LogP contribution in [0.1, 0.15) is 50.5 Å². The third kappa shape index (κ3) is 3.41. The molecular weight excluding hydrogens is 290 g/mol. The summed E-state index contributed by atoms with van der Waals surface area (Å²) in [5.74, 6) is -1.21. The second kappa shape index (κ2) is 6.73. The Morgan fingerprint density at radius 3 is 2.35 bits per heavy atom. The van der Waals surface area contributed by atoms with Crippen LogP contribution in [0.5, 0.6) is 0 Å². The van der Waals surface area contributed by atoms with Gasteiger partial charge in [-0.2, -0.15) is 0 Å². The van der Waals surface area contributed by atoms with Crippen molar-refractivity contribution in [1.82, 2.24) is 5.32 Å². The molecule has 2 aliphatic carbocycles. The molecule has 2 aliphatic rings. The number of amides is 1. The number of carboxylic acids is 1. The largest absolute Gasteiger partial charge is 0.481 e. The summed E-state index contributed by atoms with van der Waals surface area (Å²) in [5, 5.41) is 12.2. The topological polar surface area (TPSA) is 66.4 Å². The lowest BCUT2D eigenvalue weighted by Crippen LogP contribution is -2.41. The van der Waals surface area contributed by atoms with Gasteiger partial charge in [0.05, 0.1) is 5.92 Å². The maximum Gasteiger partial charge on any atom is 0.306 e. The zero-order valence-electron chi connectivity index (χ0n) is 13.5. The minimum absolute atomic E-state index is 0.0379. The molecule has 4 nitrogen and oxygen atoms in total. The third-order valence-electron chi connectivity index (χ3n) is 5.70. The highest BCUT2D eigenvalue weighted by Crippen LogP contribution is 2.40. The van der Waals surface area contributed by atoms with E-state index in [1.54, 1.807) is 0 Å². The fourth-order valence-corrected chi connectivity index (χ4v) is 4.26. The molecule has 3 rings (SSSR count). The van der Waals surface area contributed by atoms with Crippen molar-refractivity contribution in [2.45, 2.75) is 50.4 Å². The molecule has 1 aromatic rings. The van der Waals surface area contributed by atoms with Gasteiger partial charge in [0, 0.05) is 17.9 Å². The van der Waals surface area contributed by atoms with Crippen molar-refractivity contribution in [3.8, 4) is 0 Å². The number of carbonyl (C=O) groups is 2. The molecule has 124 valence electrons. The van der Waals surface area contributed by atoms with E-state index in [1.165, 1.54) is 18.4 Å². The predicted octanol–water partition coefficient (Wildman–Crippen LogP) is 3.12. The molecule has 2 N–H and O–H groups in total. The highest BCUT2D eigenvalue weighted by Gasteiger charge is 2.38. The van der Waals surface area contributed by atoms with Gasteiger partial charge in [0.2, 0.25) is 5.91 Å². The number of benzene rings is 1. The lowest BCUT2D eigenvalue weighted by Gasteiger charge is -2.30. The molecule has 0 saturated heterocycles. The van der Waals surface area contributed by atoms with Crippen LogP contribution in [0.2, 0.25) is 0 Å². The molecule has 2 saturated carbocycles. The fourth-order valence-electron chi connectivity index (χ4n) is 4.26. The van der Waals surface area contributed by atoms with Crippen molar-refractivity contribution in [2.75, 3.05) is 6.54 Å². The van der Waals surface area contributed by atoms with Gasteiger partial charge >= 0.3 is 5.97 Å². The van der Waals surface area contributed by atoms with Gasteiger partial charge in [0.25, 0.3) is 0 Å². The SMILES string of the molecule is O=C(O)[C@@H]1CC[C@H](C(=O)NCC2(c3ccccc3)CCCC2)C1. The lowest BCUT2D eigenvalue weighted by molar-refractivity contribution is -0.141. The van der Waals surface area contributed by atoms with E-state index < -0.39 is 5.97 Å². The standard InChI is InChI=1S/C19H25NO3/c21-17(14-8-9-15(12-14)18(22)23)20-13-19(10-4-5-11-19)16-6-2-1-3-7-16/h1-3,6-7,14-15H,4-5,8-13H2,(H,20,21)(H,22,23)/t14-,15+/m0/s1. The highest BCUT2D eigenvalue weighted by molar-refractivity contribution is 5.81. The van der Waals surface area contributed by atoms with Crippen molar-refractivity contribution >= 4 is 11.9 Å². The number of aliphatic carboxylic acids is 1. The normalized spacial score (nSPS) is 26.1. The molecule has 0 spiro atoms. The summed E-state index contributed by atoms with van der Waals surface area (Å²) in [5.41, 5.74) is 1.37. The van der Waals surface area contributed by atoms with E-state index in [0.29, 0.717) is 25.8 Å². The number of carboxylic acid groups (broad SMARTS) is 1. The maximum absolute atomic E-state index is 12.4. The summed E-state index contributed by atoms with van der Waals surface area (Å²) in [6.07, 6.45) is 6.43. The summed E-state index contributed by atoms with van der Waals surface area (Å²) < 4.78 is 0. The van der Waals surface area contributed by atoms with Gasteiger partial charge in [-0.25, -0.2) is 0 Å². The first-order valence-electron chi connectivity index (χ1n) is 8.67. The fraction of sp³-hybridized carbons (Fsp3) is 0.579. The molecule has 0 radical (unpaired) electrons. The monoisotopic (exact) mass is 315 g/mol. The number of rotatable bonds is 5. The molecule has 0 aliphatic heterocycles. The minimum Gasteiger partial charge on any atom is -0.481 e. The zero-order chi connectivity index (χ0) is 16.3. The molecule has 1 amide bonds. The second-order valence-corrected chi connectivity index (χ2v) is 7.12. The Morgan fingerprint density at radius 1 is 1.09 bits per heavy atom. The van der Waals surface area contributed by atoms with E-state index >= 15 is 0 Å². The molecule has 4 heteroatoms. The molecule has 1 aromatic carbocycles. The van der Waals surface area contributed by atoms with Crippen LogP contribution >= 0.6 is 0 Å². The van der Waals surface area contributed by atoms with Crippen LogP contribution in [0.15, 0.2) is 30.3 Å². The average Bonchev–Trinajstić information content (AvgIpc) is 3.24. The second-order valence-electron chi connectivity index (χ2n) is 7.12. The zero-order valence-corrected chi connectivity index (χ0v) is 13.5. The summed E-state index contributed by atoms with van der Waals surface area (Å²) in [6.45, 7) is 0.671. The molecule has 2 fully saturated rings. The van der Waals surface area contributed by atoms with E-state index in [4.69, 9.17) is 5.11 Å². The van der Waals surface area contributed by atoms with Crippen molar-refractivity contribution in [1.29, 1.82) is 0 Å². The van der Waals surface area contributed by atoms with E-state index in [0.717, 1.165) is 12.8 Å².